The summed E-state index contributed by atoms with van der Waals surface area (Å²) in [6, 6.07) is 3.06. The number of halogens is 1. The van der Waals surface area contributed by atoms with Gasteiger partial charge < -0.3 is 10.4 Å². The van der Waals surface area contributed by atoms with Gasteiger partial charge in [-0.25, -0.2) is 0 Å². The van der Waals surface area contributed by atoms with E-state index < -0.39 is 17.4 Å². The van der Waals surface area contributed by atoms with Crippen LogP contribution in [-0.4, -0.2) is 22.8 Å². The average Bonchev–Trinajstić information content (AvgIpc) is 2.57. The molecule has 2 rings (SSSR count). The number of nitrogens with one attached hydrogen (secondary N) is 1. The van der Waals surface area contributed by atoms with E-state index in [1.54, 1.807) is 13.0 Å². The SMILES string of the molecule is CC(CC(=O)O)C(=O)c1cc(Cl)c2c(c1)C(C)(C)NC2=O. The molecular weight excluding hydrogens is 294 g/mol. The van der Waals surface area contributed by atoms with Gasteiger partial charge in [0.25, 0.3) is 5.91 Å². The molecule has 1 heterocycles. The van der Waals surface area contributed by atoms with Crippen LogP contribution in [0.15, 0.2) is 12.1 Å². The van der Waals surface area contributed by atoms with E-state index in [2.05, 4.69) is 5.32 Å². The van der Waals surface area contributed by atoms with Crippen molar-refractivity contribution >= 4 is 29.3 Å². The van der Waals surface area contributed by atoms with Crippen LogP contribution < -0.4 is 5.32 Å². The number of benzene rings is 1. The topological polar surface area (TPSA) is 83.5 Å². The van der Waals surface area contributed by atoms with E-state index in [1.165, 1.54) is 6.07 Å². The molecule has 1 aliphatic heterocycles. The first-order valence-electron chi connectivity index (χ1n) is 6.56. The highest BCUT2D eigenvalue weighted by atomic mass is 35.5. The Morgan fingerprint density at radius 2 is 2.00 bits per heavy atom. The molecule has 1 amide bonds. The Kier molecular flexibility index (Phi) is 3.80. The molecule has 0 aromatic heterocycles. The molecule has 1 aromatic rings. The molecule has 1 aromatic carbocycles. The van der Waals surface area contributed by atoms with Crippen LogP contribution in [0.5, 0.6) is 0 Å². The number of amides is 1. The number of hydrogen-bond donors (Lipinski definition) is 2. The predicted octanol–water partition coefficient (Wildman–Crippen LogP) is 2.61. The first-order valence-corrected chi connectivity index (χ1v) is 6.94. The van der Waals surface area contributed by atoms with Crippen molar-refractivity contribution in [3.8, 4) is 0 Å². The van der Waals surface area contributed by atoms with Crippen LogP contribution in [0.1, 0.15) is 53.5 Å². The summed E-state index contributed by atoms with van der Waals surface area (Å²) in [5, 5.41) is 11.8. The fourth-order valence-electron chi connectivity index (χ4n) is 2.53. The summed E-state index contributed by atoms with van der Waals surface area (Å²) < 4.78 is 0. The third-order valence-corrected chi connectivity index (χ3v) is 3.93. The lowest BCUT2D eigenvalue weighted by molar-refractivity contribution is -0.137. The van der Waals surface area contributed by atoms with Crippen LogP contribution >= 0.6 is 11.6 Å². The molecule has 0 saturated heterocycles. The highest BCUT2D eigenvalue weighted by Crippen LogP contribution is 2.36. The first kappa shape index (κ1) is 15.5. The second-order valence-electron chi connectivity index (χ2n) is 5.82. The molecule has 1 atom stereocenters. The molecule has 0 fully saturated rings. The van der Waals surface area contributed by atoms with Crippen molar-refractivity contribution in [2.24, 2.45) is 5.92 Å². The van der Waals surface area contributed by atoms with Crippen LogP contribution in [0.3, 0.4) is 0 Å². The second kappa shape index (κ2) is 5.15. The number of carbonyl (C=O) groups excluding carboxylic acids is 2. The maximum atomic E-state index is 12.3. The van der Waals surface area contributed by atoms with E-state index in [4.69, 9.17) is 16.7 Å². The number of carbonyl (C=O) groups is 3. The van der Waals surface area contributed by atoms with E-state index in [0.717, 1.165) is 0 Å². The van der Waals surface area contributed by atoms with E-state index in [-0.39, 0.29) is 23.1 Å². The Labute approximate surface area is 127 Å². The van der Waals surface area contributed by atoms with E-state index >= 15 is 0 Å². The largest absolute Gasteiger partial charge is 0.481 e. The standard InChI is InChI=1S/C15H16ClNO4/c1-7(4-11(18)19)13(20)8-5-9-12(10(16)6-8)14(21)17-15(9,2)3/h5-7H,4H2,1-3H3,(H,17,21)(H,18,19). The fraction of sp³-hybridized carbons (Fsp3) is 0.400. The quantitative estimate of drug-likeness (QED) is 0.837. The number of carboxylic acid groups (broad SMARTS) is 1. The van der Waals surface area contributed by atoms with Crippen molar-refractivity contribution in [3.63, 3.8) is 0 Å². The van der Waals surface area contributed by atoms with Gasteiger partial charge in [-0.15, -0.1) is 0 Å². The van der Waals surface area contributed by atoms with Gasteiger partial charge in [0.05, 0.1) is 22.5 Å². The molecule has 0 spiro atoms. The van der Waals surface area contributed by atoms with Crippen molar-refractivity contribution in [1.82, 2.24) is 5.32 Å². The van der Waals surface area contributed by atoms with E-state index in [0.29, 0.717) is 16.7 Å². The van der Waals surface area contributed by atoms with Gasteiger partial charge in [0, 0.05) is 11.5 Å². The first-order chi connectivity index (χ1) is 9.63. The number of fused-ring (bicyclic) bond motifs is 1. The van der Waals surface area contributed by atoms with Crippen LogP contribution in [-0.2, 0) is 10.3 Å². The minimum Gasteiger partial charge on any atom is -0.481 e. The van der Waals surface area contributed by atoms with Crippen molar-refractivity contribution in [3.05, 3.63) is 33.8 Å². The fourth-order valence-corrected chi connectivity index (χ4v) is 2.83. The van der Waals surface area contributed by atoms with Gasteiger partial charge in [0.1, 0.15) is 0 Å². The molecule has 6 heteroatoms. The normalized spacial score (nSPS) is 17.0. The molecule has 0 bridgehead atoms. The maximum Gasteiger partial charge on any atom is 0.304 e. The zero-order valence-electron chi connectivity index (χ0n) is 12.0. The summed E-state index contributed by atoms with van der Waals surface area (Å²) in [5.41, 5.74) is 0.759. The smallest absolute Gasteiger partial charge is 0.304 e. The van der Waals surface area contributed by atoms with Crippen molar-refractivity contribution in [2.75, 3.05) is 0 Å². The van der Waals surface area contributed by atoms with Crippen LogP contribution in [0, 0.1) is 5.92 Å². The van der Waals surface area contributed by atoms with Crippen molar-refractivity contribution in [2.45, 2.75) is 32.7 Å². The van der Waals surface area contributed by atoms with Crippen LogP contribution in [0.25, 0.3) is 0 Å². The van der Waals surface area contributed by atoms with Crippen LogP contribution in [0.2, 0.25) is 5.02 Å². The zero-order chi connectivity index (χ0) is 15.9. The second-order valence-corrected chi connectivity index (χ2v) is 6.23. The number of ketones is 1. The van der Waals surface area contributed by atoms with Gasteiger partial charge in [-0.05, 0) is 31.5 Å². The molecule has 0 saturated carbocycles. The van der Waals surface area contributed by atoms with Crippen molar-refractivity contribution in [1.29, 1.82) is 0 Å². The lowest BCUT2D eigenvalue weighted by atomic mass is 9.89. The number of hydrogen-bond acceptors (Lipinski definition) is 3. The summed E-state index contributed by atoms with van der Waals surface area (Å²) >= 11 is 6.12. The Morgan fingerprint density at radius 3 is 2.57 bits per heavy atom. The maximum absolute atomic E-state index is 12.3. The average molecular weight is 310 g/mol. The van der Waals surface area contributed by atoms with Gasteiger partial charge >= 0.3 is 5.97 Å². The summed E-state index contributed by atoms with van der Waals surface area (Å²) in [7, 11) is 0. The number of Topliss-reactive ketones (excluding diaryl/α,β-unsaturated/α-hetero) is 1. The molecule has 1 aliphatic rings. The van der Waals surface area contributed by atoms with Gasteiger partial charge in [0.2, 0.25) is 0 Å². The Hall–Kier alpha value is -1.88. The minimum absolute atomic E-state index is 0.210. The van der Waals surface area contributed by atoms with Gasteiger partial charge in [-0.1, -0.05) is 18.5 Å². The predicted molar refractivity (Wildman–Crippen MR) is 77.7 cm³/mol. The molecule has 21 heavy (non-hydrogen) atoms. The molecule has 1 unspecified atom stereocenters. The minimum atomic E-state index is -1.03. The molecule has 0 aliphatic carbocycles. The number of rotatable bonds is 4. The molecule has 2 N–H and O–H groups in total. The summed E-state index contributed by atoms with van der Waals surface area (Å²) in [6.45, 7) is 5.20. The summed E-state index contributed by atoms with van der Waals surface area (Å²) in [6.07, 6.45) is -0.242. The molecule has 5 nitrogen and oxygen atoms in total. The van der Waals surface area contributed by atoms with E-state index in [1.807, 2.05) is 13.8 Å². The third kappa shape index (κ3) is 2.78. The zero-order valence-corrected chi connectivity index (χ0v) is 12.7. The highest BCUT2D eigenvalue weighted by molar-refractivity contribution is 6.35. The number of carboxylic acids is 1. The lowest BCUT2D eigenvalue weighted by Crippen LogP contribution is -2.32. The number of aliphatic carboxylic acids is 1. The molecular formula is C15H16ClNO4. The van der Waals surface area contributed by atoms with Gasteiger partial charge in [0.15, 0.2) is 5.78 Å². The Morgan fingerprint density at radius 1 is 1.38 bits per heavy atom. The monoisotopic (exact) mass is 309 g/mol. The van der Waals surface area contributed by atoms with Crippen molar-refractivity contribution < 1.29 is 19.5 Å². The summed E-state index contributed by atoms with van der Waals surface area (Å²) in [4.78, 5) is 34.9. The Bertz CT molecular complexity index is 651. The Balaban J connectivity index is 2.45. The third-order valence-electron chi connectivity index (χ3n) is 3.63. The summed E-state index contributed by atoms with van der Waals surface area (Å²) in [5.74, 6) is -2.24. The molecule has 112 valence electrons. The van der Waals surface area contributed by atoms with E-state index in [9.17, 15) is 14.4 Å². The van der Waals surface area contributed by atoms with Gasteiger partial charge in [-0.3, -0.25) is 14.4 Å². The van der Waals surface area contributed by atoms with Gasteiger partial charge in [-0.2, -0.15) is 0 Å². The van der Waals surface area contributed by atoms with Crippen LogP contribution in [0.4, 0.5) is 0 Å². The highest BCUT2D eigenvalue weighted by Gasteiger charge is 2.37. The molecule has 0 radical (unpaired) electrons. The lowest BCUT2D eigenvalue weighted by Gasteiger charge is -2.20.